The Hall–Kier alpha value is -2.11. The number of ether oxygens (including phenoxy) is 3. The third-order valence-corrected chi connectivity index (χ3v) is 17.5. The predicted octanol–water partition coefficient (Wildman–Crippen LogP) is 26.1. The first-order valence-electron chi connectivity index (χ1n) is 37.8. The van der Waals surface area contributed by atoms with Crippen molar-refractivity contribution in [3.8, 4) is 0 Å². The lowest BCUT2D eigenvalue weighted by Crippen LogP contribution is -2.30. The molecule has 0 bridgehead atoms. The molecule has 0 aromatic heterocycles. The molecule has 0 saturated heterocycles. The first-order valence-corrected chi connectivity index (χ1v) is 37.8. The van der Waals surface area contributed by atoms with Gasteiger partial charge in [-0.05, 0) is 51.4 Å². The fourth-order valence-electron chi connectivity index (χ4n) is 11.8. The zero-order valence-corrected chi connectivity index (χ0v) is 56.5. The highest BCUT2D eigenvalue weighted by atomic mass is 16.6. The van der Waals surface area contributed by atoms with Crippen LogP contribution in [0.4, 0.5) is 0 Å². The van der Waals surface area contributed by atoms with Crippen molar-refractivity contribution in [2.75, 3.05) is 13.2 Å². The van der Waals surface area contributed by atoms with Gasteiger partial charge in [0.2, 0.25) is 0 Å². The Kier molecular flexibility index (Phi) is 70.5. The number of carbonyl (C=O) groups is 3. The Balaban J connectivity index is 4.11. The highest BCUT2D eigenvalue weighted by Crippen LogP contribution is 2.20. The van der Waals surface area contributed by atoms with Crippen LogP contribution in [0, 0.1) is 0 Å². The SMILES string of the molecule is CCCCC/C=C\C/C=C\CCCCCCCCCC(=O)OC(COC(=O)CCCCCCCCCCCCCCCCC)COC(=O)CCCCCCCCCCCCCCCCCCCCCCCCCCCCCCCCCCC. The summed E-state index contributed by atoms with van der Waals surface area (Å²) in [6.07, 6.45) is 89.5. The molecule has 1 atom stereocenters. The van der Waals surface area contributed by atoms with Crippen molar-refractivity contribution in [1.29, 1.82) is 0 Å². The molecule has 0 fully saturated rings. The molecule has 6 heteroatoms. The van der Waals surface area contributed by atoms with E-state index in [-0.39, 0.29) is 31.1 Å². The molecule has 0 aliphatic rings. The second-order valence-corrected chi connectivity index (χ2v) is 25.9. The Morgan fingerprint density at radius 3 is 0.687 bits per heavy atom. The summed E-state index contributed by atoms with van der Waals surface area (Å²) in [5.74, 6) is -0.842. The van der Waals surface area contributed by atoms with Crippen molar-refractivity contribution in [1.82, 2.24) is 0 Å². The molecule has 0 aromatic rings. The molecule has 490 valence electrons. The molecule has 0 saturated carbocycles. The van der Waals surface area contributed by atoms with Crippen LogP contribution >= 0.6 is 0 Å². The summed E-state index contributed by atoms with van der Waals surface area (Å²) in [4.78, 5) is 38.5. The van der Waals surface area contributed by atoms with Gasteiger partial charge in [-0.25, -0.2) is 0 Å². The maximum absolute atomic E-state index is 12.9. The molecular weight excluding hydrogens is 1020 g/mol. The lowest BCUT2D eigenvalue weighted by molar-refractivity contribution is -0.167. The second-order valence-electron chi connectivity index (χ2n) is 25.9. The van der Waals surface area contributed by atoms with Gasteiger partial charge in [-0.15, -0.1) is 0 Å². The monoisotopic (exact) mass is 1170 g/mol. The van der Waals surface area contributed by atoms with Crippen molar-refractivity contribution in [3.05, 3.63) is 24.3 Å². The quantitative estimate of drug-likeness (QED) is 0.0261. The van der Waals surface area contributed by atoms with Crippen molar-refractivity contribution in [3.63, 3.8) is 0 Å². The zero-order chi connectivity index (χ0) is 59.9. The average molecular weight is 1170 g/mol. The lowest BCUT2D eigenvalue weighted by Gasteiger charge is -2.18. The summed E-state index contributed by atoms with van der Waals surface area (Å²) in [6, 6.07) is 0. The van der Waals surface area contributed by atoms with Crippen LogP contribution < -0.4 is 0 Å². The molecule has 1 unspecified atom stereocenters. The smallest absolute Gasteiger partial charge is 0.306 e. The van der Waals surface area contributed by atoms with Crippen LogP contribution in [0.2, 0.25) is 0 Å². The van der Waals surface area contributed by atoms with Gasteiger partial charge in [0.1, 0.15) is 13.2 Å². The van der Waals surface area contributed by atoms with E-state index in [1.54, 1.807) is 0 Å². The van der Waals surface area contributed by atoms with Crippen LogP contribution in [-0.2, 0) is 28.6 Å². The molecule has 0 amide bonds. The van der Waals surface area contributed by atoms with Gasteiger partial charge in [0.05, 0.1) is 0 Å². The minimum atomic E-state index is -0.773. The molecule has 0 aliphatic heterocycles. The van der Waals surface area contributed by atoms with Crippen LogP contribution in [0.5, 0.6) is 0 Å². The van der Waals surface area contributed by atoms with Crippen molar-refractivity contribution >= 4 is 17.9 Å². The van der Waals surface area contributed by atoms with E-state index in [9.17, 15) is 14.4 Å². The summed E-state index contributed by atoms with van der Waals surface area (Å²) in [7, 11) is 0. The average Bonchev–Trinajstić information content (AvgIpc) is 3.49. The number of unbranched alkanes of at least 4 members (excludes halogenated alkanes) is 56. The summed E-state index contributed by atoms with van der Waals surface area (Å²) < 4.78 is 17.0. The van der Waals surface area contributed by atoms with E-state index in [0.29, 0.717) is 19.3 Å². The second kappa shape index (κ2) is 72.4. The summed E-state index contributed by atoms with van der Waals surface area (Å²) >= 11 is 0. The Bertz CT molecular complexity index is 1340. The van der Waals surface area contributed by atoms with Gasteiger partial charge in [0.15, 0.2) is 6.10 Å². The molecule has 6 nitrogen and oxygen atoms in total. The Morgan fingerprint density at radius 2 is 0.434 bits per heavy atom. The van der Waals surface area contributed by atoms with Crippen molar-refractivity contribution in [2.45, 2.75) is 438 Å². The molecule has 0 heterocycles. The van der Waals surface area contributed by atoms with Crippen LogP contribution in [-0.4, -0.2) is 37.2 Å². The van der Waals surface area contributed by atoms with Gasteiger partial charge in [-0.2, -0.15) is 0 Å². The normalized spacial score (nSPS) is 12.1. The number of rotatable bonds is 71. The minimum Gasteiger partial charge on any atom is -0.462 e. The molecule has 0 radical (unpaired) electrons. The number of hydrogen-bond acceptors (Lipinski definition) is 6. The molecule has 83 heavy (non-hydrogen) atoms. The van der Waals surface area contributed by atoms with Crippen LogP contribution in [0.1, 0.15) is 432 Å². The lowest BCUT2D eigenvalue weighted by atomic mass is 10.0. The van der Waals surface area contributed by atoms with E-state index >= 15 is 0 Å². The van der Waals surface area contributed by atoms with Gasteiger partial charge in [-0.1, -0.05) is 385 Å². The van der Waals surface area contributed by atoms with E-state index < -0.39 is 6.10 Å². The van der Waals surface area contributed by atoms with Crippen LogP contribution in [0.3, 0.4) is 0 Å². The third-order valence-electron chi connectivity index (χ3n) is 17.5. The van der Waals surface area contributed by atoms with Gasteiger partial charge < -0.3 is 14.2 Å². The van der Waals surface area contributed by atoms with E-state index in [2.05, 4.69) is 45.1 Å². The van der Waals surface area contributed by atoms with E-state index in [0.717, 1.165) is 70.6 Å². The standard InChI is InChI=1S/C77H146O6/c1-4-7-10-13-16-19-22-25-28-30-31-32-33-34-35-36-37-38-39-40-41-42-43-44-45-47-49-52-55-58-61-64-67-70-76(79)82-73-74(72-81-75(78)69-66-63-60-57-54-51-48-27-24-21-18-15-12-9-6-3)83-77(80)71-68-65-62-59-56-53-50-46-29-26-23-20-17-14-11-8-5-2/h17,20,26,29,74H,4-16,18-19,21-25,27-28,30-73H2,1-3H3/b20-17-,29-26-. The van der Waals surface area contributed by atoms with Crippen LogP contribution in [0.15, 0.2) is 24.3 Å². The maximum atomic E-state index is 12.9. The van der Waals surface area contributed by atoms with Gasteiger partial charge >= 0.3 is 17.9 Å². The first kappa shape index (κ1) is 80.9. The molecule has 0 aliphatic carbocycles. The third kappa shape index (κ3) is 70.5. The summed E-state index contributed by atoms with van der Waals surface area (Å²) in [6.45, 7) is 6.70. The topological polar surface area (TPSA) is 78.9 Å². The Labute approximate surface area is 519 Å². The van der Waals surface area contributed by atoms with Crippen LogP contribution in [0.25, 0.3) is 0 Å². The molecule has 0 N–H and O–H groups in total. The summed E-state index contributed by atoms with van der Waals surface area (Å²) in [5.41, 5.74) is 0. The van der Waals surface area contributed by atoms with E-state index in [4.69, 9.17) is 14.2 Å². The predicted molar refractivity (Wildman–Crippen MR) is 363 cm³/mol. The fourth-order valence-corrected chi connectivity index (χ4v) is 11.8. The number of allylic oxidation sites excluding steroid dienone is 4. The van der Waals surface area contributed by atoms with E-state index in [1.807, 2.05) is 0 Å². The number of hydrogen-bond donors (Lipinski definition) is 0. The molecule has 0 rings (SSSR count). The van der Waals surface area contributed by atoms with Gasteiger partial charge in [0, 0.05) is 19.3 Å². The summed E-state index contributed by atoms with van der Waals surface area (Å²) in [5, 5.41) is 0. The van der Waals surface area contributed by atoms with Crippen molar-refractivity contribution in [2.24, 2.45) is 0 Å². The van der Waals surface area contributed by atoms with Gasteiger partial charge in [0.25, 0.3) is 0 Å². The highest BCUT2D eigenvalue weighted by molar-refractivity contribution is 5.71. The largest absolute Gasteiger partial charge is 0.462 e. The molecule has 0 spiro atoms. The zero-order valence-electron chi connectivity index (χ0n) is 56.5. The molecular formula is C77H146O6. The Morgan fingerprint density at radius 1 is 0.241 bits per heavy atom. The first-order chi connectivity index (χ1) is 41.0. The van der Waals surface area contributed by atoms with E-state index in [1.165, 1.54) is 321 Å². The minimum absolute atomic E-state index is 0.0681. The molecule has 0 aromatic carbocycles. The number of esters is 3. The highest BCUT2D eigenvalue weighted by Gasteiger charge is 2.20. The van der Waals surface area contributed by atoms with Crippen molar-refractivity contribution < 1.29 is 28.6 Å². The fraction of sp³-hybridized carbons (Fsp3) is 0.909. The number of carbonyl (C=O) groups excluding carboxylic acids is 3. The van der Waals surface area contributed by atoms with Gasteiger partial charge in [-0.3, -0.25) is 14.4 Å². The maximum Gasteiger partial charge on any atom is 0.306 e.